The number of thioether (sulfide) groups is 2. The highest BCUT2D eigenvalue weighted by molar-refractivity contribution is 8.01. The number of fused-ring (bicyclic) bond motifs is 1. The van der Waals surface area contributed by atoms with Crippen LogP contribution in [0.15, 0.2) is 22.5 Å². The third-order valence-electron chi connectivity index (χ3n) is 3.52. The highest BCUT2D eigenvalue weighted by Crippen LogP contribution is 2.40. The number of carbonyl (C=O) groups is 2. The molecule has 2 aliphatic heterocycles. The Morgan fingerprint density at radius 2 is 2.43 bits per heavy atom. The molecule has 0 bridgehead atoms. The number of rotatable bonds is 6. The maximum Gasteiger partial charge on any atom is 0.352 e. The second kappa shape index (κ2) is 6.51. The van der Waals surface area contributed by atoms with Gasteiger partial charge >= 0.3 is 5.97 Å². The lowest BCUT2D eigenvalue weighted by atomic mass is 10.0. The van der Waals surface area contributed by atoms with E-state index >= 15 is 0 Å². The summed E-state index contributed by atoms with van der Waals surface area (Å²) in [5.41, 5.74) is 6.47. The minimum absolute atomic E-state index is 0.0544. The molecule has 3 rings (SSSR count). The third-order valence-corrected chi connectivity index (χ3v) is 5.98. The third kappa shape index (κ3) is 2.84. The number of aliphatic carboxylic acids is 1. The Bertz CT molecular complexity index is 676. The molecule has 1 saturated heterocycles. The van der Waals surface area contributed by atoms with Crippen LogP contribution in [-0.2, 0) is 21.1 Å². The van der Waals surface area contributed by atoms with Crippen molar-refractivity contribution in [3.05, 3.63) is 17.5 Å². The lowest BCUT2D eigenvalue weighted by Crippen LogP contribution is -2.68. The summed E-state index contributed by atoms with van der Waals surface area (Å²) in [5, 5.41) is 17.7. The van der Waals surface area contributed by atoms with Crippen molar-refractivity contribution in [1.29, 1.82) is 0 Å². The van der Waals surface area contributed by atoms with Gasteiger partial charge in [0.15, 0.2) is 0 Å². The molecule has 23 heavy (non-hydrogen) atoms. The number of methoxy groups -OCH3 is 1. The van der Waals surface area contributed by atoms with E-state index in [-0.39, 0.29) is 23.7 Å². The molecule has 124 valence electrons. The number of nitrogens with two attached hydrogens (primary N) is 1. The monoisotopic (exact) mass is 357 g/mol. The van der Waals surface area contributed by atoms with Gasteiger partial charge in [0.25, 0.3) is 0 Å². The SMILES string of the molecule is COCn1nncc1SCC1=C(C(=O)O)N2C(=O)C(N)[C@@H]2SC1. The van der Waals surface area contributed by atoms with Crippen molar-refractivity contribution in [3.63, 3.8) is 0 Å². The van der Waals surface area contributed by atoms with Crippen LogP contribution in [0.2, 0.25) is 0 Å². The highest BCUT2D eigenvalue weighted by atomic mass is 32.2. The van der Waals surface area contributed by atoms with Crippen molar-refractivity contribution in [3.8, 4) is 0 Å². The van der Waals surface area contributed by atoms with Crippen LogP contribution in [0.3, 0.4) is 0 Å². The first-order valence-corrected chi connectivity index (χ1v) is 8.73. The number of carbonyl (C=O) groups excluding carboxylic acids is 1. The zero-order chi connectivity index (χ0) is 16.6. The largest absolute Gasteiger partial charge is 0.477 e. The summed E-state index contributed by atoms with van der Waals surface area (Å²) in [6, 6.07) is -0.615. The summed E-state index contributed by atoms with van der Waals surface area (Å²) in [4.78, 5) is 24.7. The van der Waals surface area contributed by atoms with Gasteiger partial charge in [0.2, 0.25) is 5.91 Å². The Labute approximate surface area is 140 Å². The number of carboxylic acids is 1. The lowest BCUT2D eigenvalue weighted by Gasteiger charge is -2.48. The van der Waals surface area contributed by atoms with Crippen LogP contribution in [0.25, 0.3) is 0 Å². The number of hydrogen-bond donors (Lipinski definition) is 2. The Morgan fingerprint density at radius 3 is 3.13 bits per heavy atom. The highest BCUT2D eigenvalue weighted by Gasteiger charge is 2.51. The van der Waals surface area contributed by atoms with Gasteiger partial charge in [-0.1, -0.05) is 5.21 Å². The number of hydrogen-bond acceptors (Lipinski definition) is 8. The molecular weight excluding hydrogens is 342 g/mol. The second-order valence-corrected chi connectivity index (χ2v) is 7.07. The zero-order valence-electron chi connectivity index (χ0n) is 12.2. The van der Waals surface area contributed by atoms with Crippen molar-refractivity contribution in [2.45, 2.75) is 23.2 Å². The average molecular weight is 357 g/mol. The minimum atomic E-state index is -1.10. The van der Waals surface area contributed by atoms with Crippen molar-refractivity contribution in [2.75, 3.05) is 18.6 Å². The predicted octanol–water partition coefficient (Wildman–Crippen LogP) is -0.445. The van der Waals surface area contributed by atoms with Crippen LogP contribution in [0.5, 0.6) is 0 Å². The molecule has 0 spiro atoms. The maximum absolute atomic E-state index is 11.9. The molecule has 9 nitrogen and oxygen atoms in total. The zero-order valence-corrected chi connectivity index (χ0v) is 13.8. The van der Waals surface area contributed by atoms with E-state index in [4.69, 9.17) is 10.5 Å². The first kappa shape index (κ1) is 16.3. The smallest absolute Gasteiger partial charge is 0.352 e. The molecule has 0 aromatic carbocycles. The summed E-state index contributed by atoms with van der Waals surface area (Å²) in [5.74, 6) is -0.483. The Kier molecular flexibility index (Phi) is 4.62. The Balaban J connectivity index is 1.78. The second-order valence-electron chi connectivity index (χ2n) is 4.97. The summed E-state index contributed by atoms with van der Waals surface area (Å²) >= 11 is 2.89. The summed E-state index contributed by atoms with van der Waals surface area (Å²) < 4.78 is 6.59. The van der Waals surface area contributed by atoms with E-state index in [1.807, 2.05) is 0 Å². The topological polar surface area (TPSA) is 124 Å². The molecule has 0 saturated carbocycles. The van der Waals surface area contributed by atoms with Gasteiger partial charge in [-0.15, -0.1) is 28.6 Å². The number of carboxylic acid groups (broad SMARTS) is 1. The van der Waals surface area contributed by atoms with E-state index in [2.05, 4.69) is 10.3 Å². The number of aromatic nitrogens is 3. The minimum Gasteiger partial charge on any atom is -0.477 e. The van der Waals surface area contributed by atoms with Gasteiger partial charge in [0.05, 0.1) is 6.20 Å². The molecule has 1 aromatic heterocycles. The fourth-order valence-electron chi connectivity index (χ4n) is 2.42. The first-order chi connectivity index (χ1) is 11.0. The van der Waals surface area contributed by atoms with Crippen LogP contribution in [0.1, 0.15) is 0 Å². The van der Waals surface area contributed by atoms with Crippen molar-refractivity contribution < 1.29 is 19.4 Å². The van der Waals surface area contributed by atoms with E-state index < -0.39 is 12.0 Å². The molecule has 0 aliphatic carbocycles. The molecule has 1 amide bonds. The number of nitrogens with zero attached hydrogens (tertiary/aromatic N) is 4. The molecule has 11 heteroatoms. The van der Waals surface area contributed by atoms with Gasteiger partial charge in [-0.25, -0.2) is 9.48 Å². The first-order valence-electron chi connectivity index (χ1n) is 6.70. The maximum atomic E-state index is 11.9. The molecule has 2 aliphatic rings. The van der Waals surface area contributed by atoms with Gasteiger partial charge in [0, 0.05) is 18.6 Å². The fourth-order valence-corrected chi connectivity index (χ4v) is 4.77. The van der Waals surface area contributed by atoms with Gasteiger partial charge in [-0.2, -0.15) is 0 Å². The van der Waals surface area contributed by atoms with E-state index in [0.717, 1.165) is 5.03 Å². The van der Waals surface area contributed by atoms with E-state index in [1.54, 1.807) is 18.0 Å². The molecule has 3 heterocycles. The molecule has 0 radical (unpaired) electrons. The molecular formula is C12H15N5O4S2. The van der Waals surface area contributed by atoms with Gasteiger partial charge in [0.1, 0.15) is 28.9 Å². The number of β-lactam (4-membered cyclic amide) rings is 1. The molecule has 3 N–H and O–H groups in total. The van der Waals surface area contributed by atoms with Gasteiger partial charge in [-0.3, -0.25) is 9.69 Å². The van der Waals surface area contributed by atoms with Crippen molar-refractivity contribution in [2.24, 2.45) is 5.73 Å². The normalized spacial score (nSPS) is 23.7. The summed E-state index contributed by atoms with van der Waals surface area (Å²) in [6.07, 6.45) is 1.59. The van der Waals surface area contributed by atoms with E-state index in [1.165, 1.54) is 28.4 Å². The van der Waals surface area contributed by atoms with Gasteiger partial charge in [-0.05, 0) is 5.57 Å². The quantitative estimate of drug-likeness (QED) is 0.515. The van der Waals surface area contributed by atoms with Crippen LogP contribution in [0.4, 0.5) is 0 Å². The average Bonchev–Trinajstić information content (AvgIpc) is 2.98. The van der Waals surface area contributed by atoms with Crippen LogP contribution in [0, 0.1) is 0 Å². The van der Waals surface area contributed by atoms with Crippen LogP contribution >= 0.6 is 23.5 Å². The number of amides is 1. The molecule has 1 fully saturated rings. The van der Waals surface area contributed by atoms with E-state index in [0.29, 0.717) is 17.1 Å². The fraction of sp³-hybridized carbons (Fsp3) is 0.500. The summed E-state index contributed by atoms with van der Waals surface area (Å²) in [7, 11) is 1.55. The Morgan fingerprint density at radius 1 is 1.65 bits per heavy atom. The lowest BCUT2D eigenvalue weighted by molar-refractivity contribution is -0.147. The predicted molar refractivity (Wildman–Crippen MR) is 83.5 cm³/mol. The Hall–Kier alpha value is -1.56. The van der Waals surface area contributed by atoms with Crippen LogP contribution < -0.4 is 5.73 Å². The van der Waals surface area contributed by atoms with Crippen LogP contribution in [-0.4, -0.2) is 66.9 Å². The molecule has 2 atom stereocenters. The molecule has 1 unspecified atom stereocenters. The standard InChI is InChI=1S/C12H15N5O4S2/c1-21-5-16-7(2-14-15-16)22-3-6-4-23-11-8(13)10(18)17(11)9(6)12(19)20/h2,8,11H,3-5,13H2,1H3,(H,19,20)/t8?,11-/m0/s1. The van der Waals surface area contributed by atoms with Crippen molar-refractivity contribution in [1.82, 2.24) is 19.9 Å². The summed E-state index contributed by atoms with van der Waals surface area (Å²) in [6.45, 7) is 0.267. The van der Waals surface area contributed by atoms with Crippen molar-refractivity contribution >= 4 is 35.4 Å². The number of ether oxygens (including phenoxy) is 1. The van der Waals surface area contributed by atoms with E-state index in [9.17, 15) is 14.7 Å². The van der Waals surface area contributed by atoms with Gasteiger partial charge < -0.3 is 15.6 Å². The molecule has 1 aromatic rings.